The Morgan fingerprint density at radius 1 is 1.14 bits per heavy atom. The van der Waals surface area contributed by atoms with Gasteiger partial charge in [0.15, 0.2) is 9.84 Å². The molecule has 1 amide bonds. The summed E-state index contributed by atoms with van der Waals surface area (Å²) in [5.41, 5.74) is 0.876. The minimum absolute atomic E-state index is 0.178. The number of carbonyl (C=O) groups is 1. The third-order valence-corrected chi connectivity index (χ3v) is 4.98. The Morgan fingerprint density at radius 2 is 1.83 bits per heavy atom. The molecule has 0 saturated carbocycles. The molecule has 0 heterocycles. The molecule has 0 saturated heterocycles. The van der Waals surface area contributed by atoms with Crippen molar-refractivity contribution in [2.75, 3.05) is 11.6 Å². The summed E-state index contributed by atoms with van der Waals surface area (Å²) in [4.78, 5) is 12.2. The van der Waals surface area contributed by atoms with E-state index in [0.717, 1.165) is 11.7 Å². The topological polar surface area (TPSA) is 75.3 Å². The van der Waals surface area contributed by atoms with Crippen LogP contribution in [-0.4, -0.2) is 26.6 Å². The van der Waals surface area contributed by atoms with E-state index in [1.54, 1.807) is 19.9 Å². The van der Waals surface area contributed by atoms with Crippen molar-refractivity contribution in [3.8, 4) is 0 Å². The number of halogens is 3. The lowest BCUT2D eigenvalue weighted by Crippen LogP contribution is -2.31. The van der Waals surface area contributed by atoms with Crippen LogP contribution in [0.5, 0.6) is 0 Å². The maximum atomic E-state index is 14.4. The predicted octanol–water partition coefficient (Wildman–Crippen LogP) is 4.47. The highest BCUT2D eigenvalue weighted by Gasteiger charge is 2.16. The number of hydrogen-bond acceptors (Lipinski definition) is 4. The molecule has 0 aliphatic rings. The van der Waals surface area contributed by atoms with Crippen LogP contribution in [0.3, 0.4) is 0 Å². The van der Waals surface area contributed by atoms with Gasteiger partial charge in [-0.25, -0.2) is 17.2 Å². The average Bonchev–Trinajstić information content (AvgIpc) is 2.59. The highest BCUT2D eigenvalue weighted by atomic mass is 35.5. The fraction of sp³-hybridized carbons (Fsp3) is 0.250. The van der Waals surface area contributed by atoms with Crippen molar-refractivity contribution in [2.45, 2.75) is 25.9 Å². The first kappa shape index (κ1) is 22.8. The summed E-state index contributed by atoms with van der Waals surface area (Å²) >= 11 is 6.04. The Hall–Kier alpha value is -2.45. The first-order valence-corrected chi connectivity index (χ1v) is 11.0. The van der Waals surface area contributed by atoms with Crippen molar-refractivity contribution in [2.24, 2.45) is 0 Å². The summed E-state index contributed by atoms with van der Waals surface area (Å²) in [5, 5.41) is 6.77. The van der Waals surface area contributed by atoms with E-state index in [-0.39, 0.29) is 16.6 Å². The van der Waals surface area contributed by atoms with Gasteiger partial charge in [-0.05, 0) is 49.7 Å². The molecule has 9 heteroatoms. The highest BCUT2D eigenvalue weighted by molar-refractivity contribution is 7.93. The number of rotatable bonds is 7. The van der Waals surface area contributed by atoms with Crippen molar-refractivity contribution >= 4 is 33.0 Å². The van der Waals surface area contributed by atoms with Crippen LogP contribution in [0.2, 0.25) is 5.02 Å². The monoisotopic (exact) mass is 442 g/mol. The zero-order valence-electron chi connectivity index (χ0n) is 16.0. The Kier molecular flexibility index (Phi) is 7.37. The first-order valence-electron chi connectivity index (χ1n) is 8.66. The van der Waals surface area contributed by atoms with Gasteiger partial charge in [0.25, 0.3) is 5.91 Å². The molecule has 0 aliphatic carbocycles. The quantitative estimate of drug-likeness (QED) is 0.663. The van der Waals surface area contributed by atoms with Crippen molar-refractivity contribution in [1.82, 2.24) is 5.32 Å². The molecule has 2 aromatic rings. The van der Waals surface area contributed by atoms with E-state index >= 15 is 0 Å². The van der Waals surface area contributed by atoms with Crippen molar-refractivity contribution in [3.63, 3.8) is 0 Å². The molecule has 0 fully saturated rings. The number of nitrogens with one attached hydrogen (secondary N) is 2. The fourth-order valence-electron chi connectivity index (χ4n) is 2.56. The molecule has 156 valence electrons. The summed E-state index contributed by atoms with van der Waals surface area (Å²) in [6, 6.07) is 7.11. The molecule has 29 heavy (non-hydrogen) atoms. The molecule has 0 spiro atoms. The van der Waals surface area contributed by atoms with Crippen LogP contribution >= 0.6 is 11.6 Å². The summed E-state index contributed by atoms with van der Waals surface area (Å²) < 4.78 is 49.8. The minimum atomic E-state index is -3.32. The zero-order valence-corrected chi connectivity index (χ0v) is 17.6. The third-order valence-electron chi connectivity index (χ3n) is 4.00. The van der Waals surface area contributed by atoms with Gasteiger partial charge in [0.05, 0.1) is 5.56 Å². The van der Waals surface area contributed by atoms with Gasteiger partial charge in [0, 0.05) is 34.5 Å². The highest BCUT2D eigenvalue weighted by Crippen LogP contribution is 2.27. The van der Waals surface area contributed by atoms with Gasteiger partial charge >= 0.3 is 0 Å². The Balaban J connectivity index is 2.09. The molecule has 2 rings (SSSR count). The zero-order chi connectivity index (χ0) is 21.8. The molecule has 0 aliphatic heterocycles. The molecule has 0 bridgehead atoms. The molecular formula is C20H21ClF2N2O3S. The number of hydrogen-bond donors (Lipinski definition) is 2. The Morgan fingerprint density at radius 3 is 2.41 bits per heavy atom. The van der Waals surface area contributed by atoms with Gasteiger partial charge < -0.3 is 10.6 Å². The van der Waals surface area contributed by atoms with Gasteiger partial charge in [-0.1, -0.05) is 23.7 Å². The molecule has 2 aromatic carbocycles. The minimum Gasteiger partial charge on any atom is -0.378 e. The smallest absolute Gasteiger partial charge is 0.254 e. The van der Waals surface area contributed by atoms with E-state index < -0.39 is 33.4 Å². The van der Waals surface area contributed by atoms with Crippen molar-refractivity contribution in [3.05, 3.63) is 75.7 Å². The molecular weight excluding hydrogens is 422 g/mol. The van der Waals surface area contributed by atoms with Crippen LogP contribution in [0.4, 0.5) is 14.5 Å². The van der Waals surface area contributed by atoms with E-state index in [0.29, 0.717) is 11.3 Å². The summed E-state index contributed by atoms with van der Waals surface area (Å²) in [6.45, 7) is 3.36. The van der Waals surface area contributed by atoms with Gasteiger partial charge in [0.2, 0.25) is 0 Å². The number of sulfone groups is 1. The van der Waals surface area contributed by atoms with Crippen LogP contribution < -0.4 is 10.6 Å². The molecule has 2 N–H and O–H groups in total. The lowest BCUT2D eigenvalue weighted by atomic mass is 10.1. The maximum Gasteiger partial charge on any atom is 0.254 e. The maximum absolute atomic E-state index is 14.4. The van der Waals surface area contributed by atoms with E-state index in [1.807, 2.05) is 0 Å². The summed E-state index contributed by atoms with van der Waals surface area (Å²) in [6.07, 6.45) is 2.33. The van der Waals surface area contributed by atoms with Crippen LogP contribution in [0.25, 0.3) is 0 Å². The fourth-order valence-corrected chi connectivity index (χ4v) is 3.41. The number of amides is 1. The SMILES string of the molecule is C[C@H](/C=C/S(C)(=O)=O)NC(=O)c1ccc(N[C@@H](C)c2ccc(F)cc2Cl)cc1F. The van der Waals surface area contributed by atoms with Crippen LogP contribution in [0, 0.1) is 11.6 Å². The van der Waals surface area contributed by atoms with E-state index in [1.165, 1.54) is 36.4 Å². The van der Waals surface area contributed by atoms with Gasteiger partial charge in [-0.3, -0.25) is 4.79 Å². The van der Waals surface area contributed by atoms with Crippen LogP contribution in [0.1, 0.15) is 35.8 Å². The van der Waals surface area contributed by atoms with Crippen LogP contribution in [-0.2, 0) is 9.84 Å². The first-order chi connectivity index (χ1) is 13.5. The average molecular weight is 443 g/mol. The van der Waals surface area contributed by atoms with Crippen molar-refractivity contribution in [1.29, 1.82) is 0 Å². The Bertz CT molecular complexity index is 1040. The second-order valence-corrected chi connectivity index (χ2v) is 8.99. The number of carbonyl (C=O) groups excluding carboxylic acids is 1. The second kappa shape index (κ2) is 9.37. The van der Waals surface area contributed by atoms with E-state index in [4.69, 9.17) is 11.6 Å². The van der Waals surface area contributed by atoms with Crippen LogP contribution in [0.15, 0.2) is 47.9 Å². The van der Waals surface area contributed by atoms with Gasteiger partial charge in [0.1, 0.15) is 11.6 Å². The van der Waals surface area contributed by atoms with Gasteiger partial charge in [-0.2, -0.15) is 0 Å². The normalized spacial score (nSPS) is 13.9. The number of anilines is 1. The Labute approximate surface area is 173 Å². The number of benzene rings is 2. The summed E-state index contributed by atoms with van der Waals surface area (Å²) in [7, 11) is -3.32. The molecule has 0 unspecified atom stereocenters. The largest absolute Gasteiger partial charge is 0.378 e. The lowest BCUT2D eigenvalue weighted by molar-refractivity contribution is 0.0943. The molecule has 5 nitrogen and oxygen atoms in total. The summed E-state index contributed by atoms with van der Waals surface area (Å²) in [5.74, 6) is -1.87. The predicted molar refractivity (Wildman–Crippen MR) is 111 cm³/mol. The van der Waals surface area contributed by atoms with Crippen molar-refractivity contribution < 1.29 is 22.0 Å². The second-order valence-electron chi connectivity index (χ2n) is 6.65. The van der Waals surface area contributed by atoms with E-state index in [2.05, 4.69) is 10.6 Å². The standard InChI is InChI=1S/C20H21ClF2N2O3S/c1-12(8-9-29(3,27)28)24-20(26)17-7-5-15(11-19(17)23)25-13(2)16-6-4-14(22)10-18(16)21/h4-13,25H,1-3H3,(H,24,26)/b9-8+/t12-,13+/m1/s1. The molecule has 2 atom stereocenters. The van der Waals surface area contributed by atoms with E-state index in [9.17, 15) is 22.0 Å². The molecule has 0 aromatic heterocycles. The lowest BCUT2D eigenvalue weighted by Gasteiger charge is -2.18. The molecule has 0 radical (unpaired) electrons. The van der Waals surface area contributed by atoms with Gasteiger partial charge in [-0.15, -0.1) is 0 Å². The third kappa shape index (κ3) is 6.83.